The van der Waals surface area contributed by atoms with Crippen LogP contribution in [0.5, 0.6) is 5.75 Å². The number of likely N-dealkylation sites (N-methyl/N-ethyl adjacent to an activating group) is 1. The number of halogens is 3. The van der Waals surface area contributed by atoms with E-state index in [1.165, 1.54) is 27.8 Å². The van der Waals surface area contributed by atoms with Gasteiger partial charge in [-0.15, -0.1) is 24.5 Å². The van der Waals surface area contributed by atoms with E-state index in [0.717, 1.165) is 34.2 Å². The molecule has 0 saturated carbocycles. The molecule has 2 aromatic carbocycles. The molecule has 1 aromatic heterocycles. The number of hydrogen-bond donors (Lipinski definition) is 0. The lowest BCUT2D eigenvalue weighted by Crippen LogP contribution is -2.44. The quantitative estimate of drug-likeness (QED) is 0.338. The number of nitrogens with zero attached hydrogens (tertiary/aromatic N) is 2. The molecule has 0 amide bonds. The summed E-state index contributed by atoms with van der Waals surface area (Å²) in [7, 11) is 1.93. The van der Waals surface area contributed by atoms with E-state index >= 15 is 0 Å². The van der Waals surface area contributed by atoms with Crippen LogP contribution in [0.2, 0.25) is 0 Å². The molecule has 0 saturated heterocycles. The molecule has 0 radical (unpaired) electrons. The highest BCUT2D eigenvalue weighted by molar-refractivity contribution is 7.81. The molecule has 0 aliphatic rings. The number of hydrogen-bond acceptors (Lipinski definition) is 5. The van der Waals surface area contributed by atoms with Gasteiger partial charge in [0.05, 0.1) is 0 Å². The van der Waals surface area contributed by atoms with Crippen LogP contribution in [-0.4, -0.2) is 46.2 Å². The van der Waals surface area contributed by atoms with Gasteiger partial charge in [-0.25, -0.2) is 0 Å². The second-order valence-electron chi connectivity index (χ2n) is 7.84. The van der Waals surface area contributed by atoms with Crippen molar-refractivity contribution in [2.75, 3.05) is 24.4 Å². The van der Waals surface area contributed by atoms with E-state index in [2.05, 4.69) is 9.64 Å². The van der Waals surface area contributed by atoms with Crippen molar-refractivity contribution < 1.29 is 26.7 Å². The Hall–Kier alpha value is -2.14. The summed E-state index contributed by atoms with van der Waals surface area (Å²) in [6, 6.07) is 13.3. The molecule has 2 atom stereocenters. The van der Waals surface area contributed by atoms with Gasteiger partial charge in [0.15, 0.2) is 0 Å². The van der Waals surface area contributed by atoms with Crippen LogP contribution in [0.3, 0.4) is 0 Å². The smallest absolute Gasteiger partial charge is 0.573 e. The molecular weight excluding hydrogens is 473 g/mol. The van der Waals surface area contributed by atoms with Gasteiger partial charge in [0.25, 0.3) is 0 Å². The van der Waals surface area contributed by atoms with Gasteiger partial charge in [-0.3, -0.25) is 8.51 Å². The van der Waals surface area contributed by atoms with Crippen LogP contribution in [0.1, 0.15) is 24.5 Å². The number of ether oxygens (including phenoxy) is 1. The van der Waals surface area contributed by atoms with Crippen molar-refractivity contribution in [2.45, 2.75) is 39.1 Å². The van der Waals surface area contributed by atoms with E-state index in [0.29, 0.717) is 11.4 Å². The van der Waals surface area contributed by atoms with Crippen molar-refractivity contribution in [3.63, 3.8) is 0 Å². The fourth-order valence-corrected chi connectivity index (χ4v) is 5.78. The molecule has 0 fully saturated rings. The summed E-state index contributed by atoms with van der Waals surface area (Å²) in [5.74, 6) is -0.284. The van der Waals surface area contributed by atoms with E-state index in [9.17, 15) is 21.9 Å². The average Bonchev–Trinajstić information content (AvgIpc) is 3.07. The fraction of sp³-hybridized carbons (Fsp3) is 0.391. The van der Waals surface area contributed by atoms with Crippen LogP contribution < -0.4 is 9.04 Å². The molecule has 1 heterocycles. The molecule has 2 unspecified atom stereocenters. The maximum atomic E-state index is 12.4. The summed E-state index contributed by atoms with van der Waals surface area (Å²) in [5.41, 5.74) is 1.70. The lowest BCUT2D eigenvalue weighted by atomic mass is 10.0. The summed E-state index contributed by atoms with van der Waals surface area (Å²) < 4.78 is 68.2. The Morgan fingerprint density at radius 2 is 1.82 bits per heavy atom. The first kappa shape index (κ1) is 25.5. The highest BCUT2D eigenvalue weighted by atomic mass is 32.2. The third-order valence-corrected chi connectivity index (χ3v) is 7.53. The maximum absolute atomic E-state index is 12.4. The van der Waals surface area contributed by atoms with Gasteiger partial charge in [-0.2, -0.15) is 0 Å². The Bertz CT molecular complexity index is 1090. The van der Waals surface area contributed by atoms with Crippen LogP contribution >= 0.6 is 11.3 Å². The molecule has 0 aliphatic heterocycles. The van der Waals surface area contributed by atoms with Crippen molar-refractivity contribution in [1.29, 1.82) is 0 Å². The maximum Gasteiger partial charge on any atom is 0.573 e. The van der Waals surface area contributed by atoms with Gasteiger partial charge in [-0.05, 0) is 68.1 Å². The minimum absolute atomic E-state index is 0.179. The van der Waals surface area contributed by atoms with Crippen molar-refractivity contribution in [1.82, 2.24) is 4.90 Å². The fourth-order valence-electron chi connectivity index (χ4n) is 3.80. The van der Waals surface area contributed by atoms with Gasteiger partial charge in [0.2, 0.25) is 0 Å². The first-order valence-electron chi connectivity index (χ1n) is 10.5. The molecule has 3 aromatic rings. The highest BCUT2D eigenvalue weighted by Crippen LogP contribution is 2.38. The van der Waals surface area contributed by atoms with E-state index in [-0.39, 0.29) is 18.3 Å². The van der Waals surface area contributed by atoms with Crippen LogP contribution in [0.15, 0.2) is 48.5 Å². The van der Waals surface area contributed by atoms with E-state index < -0.39 is 17.6 Å². The Morgan fingerprint density at radius 1 is 1.15 bits per heavy atom. The summed E-state index contributed by atoms with van der Waals surface area (Å²) in [4.78, 5) is 2.09. The number of fused-ring (bicyclic) bond motifs is 1. The number of rotatable bonds is 10. The predicted molar refractivity (Wildman–Crippen MR) is 126 cm³/mol. The zero-order valence-electron chi connectivity index (χ0n) is 18.6. The van der Waals surface area contributed by atoms with Gasteiger partial charge >= 0.3 is 6.36 Å². The van der Waals surface area contributed by atoms with Crippen molar-refractivity contribution in [3.05, 3.63) is 59.7 Å². The normalized spacial score (nSPS) is 13.9. The Morgan fingerprint density at radius 3 is 2.39 bits per heavy atom. The third kappa shape index (κ3) is 6.69. The van der Waals surface area contributed by atoms with Crippen molar-refractivity contribution in [2.24, 2.45) is 0 Å². The Kier molecular flexibility index (Phi) is 8.38. The number of benzene rings is 2. The number of alkyl halides is 3. The standard InChI is InChI=1S/C23H27F3N2O3S2/c1-4-13-27(3)18(14-17-9-11-19(12-10-17)31-23(24,25)26)15-28(33(29)30)22-16(2)20-7-5-6-8-21(20)32-22/h5-12,18H,4,13-15H2,1-3H3,(H,29,30)/p-1. The van der Waals surface area contributed by atoms with E-state index in [4.69, 9.17) is 0 Å². The summed E-state index contributed by atoms with van der Waals surface area (Å²) in [5, 5.41) is 1.69. The number of aryl methyl sites for hydroxylation is 1. The molecule has 5 nitrogen and oxygen atoms in total. The van der Waals surface area contributed by atoms with Crippen LogP contribution in [0.25, 0.3) is 10.1 Å². The molecule has 0 bridgehead atoms. The molecule has 0 spiro atoms. The largest absolute Gasteiger partial charge is 0.755 e. The minimum Gasteiger partial charge on any atom is -0.755 e. The lowest BCUT2D eigenvalue weighted by Gasteiger charge is -2.35. The van der Waals surface area contributed by atoms with Crippen LogP contribution in [0.4, 0.5) is 18.2 Å². The second-order valence-corrected chi connectivity index (χ2v) is 9.74. The molecule has 10 heteroatoms. The molecule has 3 rings (SSSR count). The van der Waals surface area contributed by atoms with Gasteiger partial charge in [-0.1, -0.05) is 37.3 Å². The van der Waals surface area contributed by atoms with Gasteiger partial charge < -0.3 is 14.2 Å². The Labute approximate surface area is 198 Å². The predicted octanol–water partition coefficient (Wildman–Crippen LogP) is 5.66. The summed E-state index contributed by atoms with van der Waals surface area (Å²) in [6.45, 7) is 4.93. The van der Waals surface area contributed by atoms with Gasteiger partial charge in [0.1, 0.15) is 10.8 Å². The molecule has 33 heavy (non-hydrogen) atoms. The van der Waals surface area contributed by atoms with E-state index in [1.807, 2.05) is 45.2 Å². The zero-order chi connectivity index (χ0) is 24.2. The Balaban J connectivity index is 1.86. The molecule has 0 N–H and O–H groups in total. The van der Waals surface area contributed by atoms with Crippen LogP contribution in [-0.2, 0) is 17.7 Å². The third-order valence-electron chi connectivity index (χ3n) is 5.43. The van der Waals surface area contributed by atoms with Crippen molar-refractivity contribution in [3.8, 4) is 5.75 Å². The first-order chi connectivity index (χ1) is 15.6. The number of anilines is 1. The SMILES string of the molecule is CCCN(C)C(Cc1ccc(OC(F)(F)F)cc1)CN(c1sc2ccccc2c1C)S(=O)[O-]. The second kappa shape index (κ2) is 10.9. The molecular formula is C23H26F3N2O3S2-. The van der Waals surface area contributed by atoms with E-state index in [1.54, 1.807) is 12.1 Å². The van der Waals surface area contributed by atoms with Crippen LogP contribution in [0, 0.1) is 6.92 Å². The lowest BCUT2D eigenvalue weighted by molar-refractivity contribution is -0.274. The highest BCUT2D eigenvalue weighted by Gasteiger charge is 2.31. The molecule has 0 aliphatic carbocycles. The monoisotopic (exact) mass is 499 g/mol. The zero-order valence-corrected chi connectivity index (χ0v) is 20.2. The van der Waals surface area contributed by atoms with Crippen molar-refractivity contribution >= 4 is 37.7 Å². The number of thiophene rings is 1. The summed E-state index contributed by atoms with van der Waals surface area (Å²) in [6.07, 6.45) is -3.39. The minimum atomic E-state index is -4.74. The van der Waals surface area contributed by atoms with Gasteiger partial charge in [0, 0.05) is 28.6 Å². The average molecular weight is 500 g/mol. The topological polar surface area (TPSA) is 55.8 Å². The summed E-state index contributed by atoms with van der Waals surface area (Å²) >= 11 is -1.05. The molecule has 180 valence electrons. The first-order valence-corrected chi connectivity index (χ1v) is 12.3.